The van der Waals surface area contributed by atoms with E-state index in [2.05, 4.69) is 5.32 Å². The van der Waals surface area contributed by atoms with E-state index in [1.165, 1.54) is 19.3 Å². The minimum absolute atomic E-state index is 0.0790. The van der Waals surface area contributed by atoms with Gasteiger partial charge in [0.15, 0.2) is 0 Å². The number of hydrogen-bond acceptors (Lipinski definition) is 5. The molecule has 1 aliphatic heterocycles. The largest absolute Gasteiger partial charge is 0.390 e. The summed E-state index contributed by atoms with van der Waals surface area (Å²) in [6.45, 7) is 1.95. The Bertz CT molecular complexity index is 965. The molecular formula is C30H46ClN3O4. The highest BCUT2D eigenvalue weighted by Gasteiger charge is 2.61. The van der Waals surface area contributed by atoms with E-state index in [1.807, 2.05) is 29.2 Å². The topological polar surface area (TPSA) is 108 Å². The standard InChI is InChI=1S/C30H46ClN3O4/c1-38-11-3-2-9-30(37,22-6-4-8-25(31)15-22)23-7-5-10-34(19-23)28(36)33-26(18-32)27(35)29-16-20-12-21(17-29)14-24(29)13-20/h4,6,8,15,20-21,23-24,26-27,35,37H,2-3,5,7,9-14,16-19,32H2,1H3,(H,33,36). The Balaban J connectivity index is 1.27. The fraction of sp³-hybridized carbons (Fsp3) is 0.767. The lowest BCUT2D eigenvalue weighted by atomic mass is 9.70. The summed E-state index contributed by atoms with van der Waals surface area (Å²) >= 11 is 6.32. The summed E-state index contributed by atoms with van der Waals surface area (Å²) in [7, 11) is 1.69. The van der Waals surface area contributed by atoms with Crippen molar-refractivity contribution in [1.82, 2.24) is 10.2 Å². The third kappa shape index (κ3) is 5.34. The third-order valence-electron chi connectivity index (χ3n) is 10.5. The number of halogens is 1. The first kappa shape index (κ1) is 28.2. The zero-order valence-electron chi connectivity index (χ0n) is 22.8. The maximum atomic E-state index is 13.5. The van der Waals surface area contributed by atoms with Crippen LogP contribution in [-0.4, -0.2) is 66.6 Å². The van der Waals surface area contributed by atoms with Crippen LogP contribution in [0.3, 0.4) is 0 Å². The molecule has 0 aromatic heterocycles. The van der Waals surface area contributed by atoms with Gasteiger partial charge >= 0.3 is 6.03 Å². The third-order valence-corrected chi connectivity index (χ3v) is 10.7. The second kappa shape index (κ2) is 11.6. The Kier molecular flexibility index (Phi) is 8.61. The molecule has 1 saturated heterocycles. The monoisotopic (exact) mass is 547 g/mol. The van der Waals surface area contributed by atoms with Gasteiger partial charge in [-0.15, -0.1) is 0 Å². The van der Waals surface area contributed by atoms with Crippen LogP contribution in [0.2, 0.25) is 5.02 Å². The molecule has 212 valence electrons. The lowest BCUT2D eigenvalue weighted by molar-refractivity contribution is -0.0573. The van der Waals surface area contributed by atoms with E-state index in [0.717, 1.165) is 55.9 Å². The molecule has 6 atom stereocenters. The number of nitrogens with zero attached hydrogens (tertiary/aromatic N) is 1. The number of unbranched alkanes of at least 4 members (excludes halogenated alkanes) is 1. The summed E-state index contributed by atoms with van der Waals surface area (Å²) in [5.74, 6) is 1.90. The molecule has 7 nitrogen and oxygen atoms in total. The maximum absolute atomic E-state index is 13.5. The van der Waals surface area contributed by atoms with Crippen molar-refractivity contribution in [3.8, 4) is 0 Å². The first-order valence-electron chi connectivity index (χ1n) is 14.7. The molecule has 4 bridgehead atoms. The van der Waals surface area contributed by atoms with Gasteiger partial charge in [-0.1, -0.05) is 23.7 Å². The summed E-state index contributed by atoms with van der Waals surface area (Å²) in [5, 5.41) is 27.4. The summed E-state index contributed by atoms with van der Waals surface area (Å²) in [5.41, 5.74) is 5.79. The van der Waals surface area contributed by atoms with Gasteiger partial charge in [0.05, 0.1) is 17.7 Å². The number of methoxy groups -OCH3 is 1. The van der Waals surface area contributed by atoms with E-state index >= 15 is 0 Å². The van der Waals surface area contributed by atoms with Crippen LogP contribution in [-0.2, 0) is 10.3 Å². The van der Waals surface area contributed by atoms with Gasteiger partial charge in [0, 0.05) is 49.7 Å². The number of aliphatic hydroxyl groups excluding tert-OH is 1. The normalized spacial score (nSPS) is 33.2. The average molecular weight is 548 g/mol. The van der Waals surface area contributed by atoms with Crippen molar-refractivity contribution in [1.29, 1.82) is 0 Å². The molecule has 5 N–H and O–H groups in total. The second-order valence-electron chi connectivity index (χ2n) is 12.7. The van der Waals surface area contributed by atoms with E-state index in [9.17, 15) is 15.0 Å². The van der Waals surface area contributed by atoms with Gasteiger partial charge in [-0.05, 0) is 99.7 Å². The van der Waals surface area contributed by atoms with E-state index in [1.54, 1.807) is 7.11 Å². The van der Waals surface area contributed by atoms with Gasteiger partial charge in [-0.25, -0.2) is 4.79 Å². The van der Waals surface area contributed by atoms with Crippen LogP contribution in [0.4, 0.5) is 4.79 Å². The second-order valence-corrected chi connectivity index (χ2v) is 13.1. The predicted molar refractivity (Wildman–Crippen MR) is 149 cm³/mol. The van der Waals surface area contributed by atoms with Crippen molar-refractivity contribution in [2.24, 2.45) is 34.8 Å². The first-order chi connectivity index (χ1) is 18.3. The number of urea groups is 1. The van der Waals surface area contributed by atoms with Gasteiger partial charge in [0.2, 0.25) is 0 Å². The smallest absolute Gasteiger partial charge is 0.317 e. The van der Waals surface area contributed by atoms with Gasteiger partial charge < -0.3 is 30.9 Å². The van der Waals surface area contributed by atoms with Crippen LogP contribution < -0.4 is 11.1 Å². The quantitative estimate of drug-likeness (QED) is 0.309. The number of likely N-dealkylation sites (tertiary alicyclic amines) is 1. The molecule has 5 aliphatic rings. The zero-order chi connectivity index (χ0) is 26.9. The van der Waals surface area contributed by atoms with Crippen molar-refractivity contribution >= 4 is 17.6 Å². The average Bonchev–Trinajstić information content (AvgIpc) is 3.33. The molecule has 4 saturated carbocycles. The highest BCUT2D eigenvalue weighted by atomic mass is 35.5. The van der Waals surface area contributed by atoms with Crippen molar-refractivity contribution in [3.63, 3.8) is 0 Å². The summed E-state index contributed by atoms with van der Waals surface area (Å²) in [6.07, 6.45) is 9.17. The molecule has 1 heterocycles. The Hall–Kier alpha value is -1.38. The number of piperidine rings is 1. The number of carbonyl (C=O) groups is 1. The number of nitrogens with one attached hydrogen (secondary N) is 1. The number of ether oxygens (including phenoxy) is 1. The molecule has 1 aromatic rings. The van der Waals surface area contributed by atoms with Gasteiger partial charge in [0.25, 0.3) is 0 Å². The summed E-state index contributed by atoms with van der Waals surface area (Å²) in [6, 6.07) is 6.83. The molecule has 8 heteroatoms. The molecule has 0 radical (unpaired) electrons. The minimum atomic E-state index is -1.09. The molecule has 5 fully saturated rings. The van der Waals surface area contributed by atoms with Gasteiger partial charge in [-0.3, -0.25) is 0 Å². The number of rotatable bonds is 11. The summed E-state index contributed by atoms with van der Waals surface area (Å²) < 4.78 is 5.22. The molecular weight excluding hydrogens is 502 g/mol. The number of hydrogen-bond donors (Lipinski definition) is 4. The van der Waals surface area contributed by atoms with Crippen molar-refractivity contribution < 1.29 is 19.7 Å². The Morgan fingerprint density at radius 3 is 2.74 bits per heavy atom. The molecule has 6 unspecified atom stereocenters. The van der Waals surface area contributed by atoms with E-state index in [0.29, 0.717) is 37.1 Å². The van der Waals surface area contributed by atoms with Crippen molar-refractivity contribution in [3.05, 3.63) is 34.9 Å². The molecule has 0 spiro atoms. The molecule has 1 aromatic carbocycles. The van der Waals surface area contributed by atoms with Crippen molar-refractivity contribution in [2.45, 2.75) is 82.0 Å². The lowest BCUT2D eigenvalue weighted by Crippen LogP contribution is -2.59. The summed E-state index contributed by atoms with van der Waals surface area (Å²) in [4.78, 5) is 15.4. The van der Waals surface area contributed by atoms with E-state index < -0.39 is 17.7 Å². The maximum Gasteiger partial charge on any atom is 0.317 e. The minimum Gasteiger partial charge on any atom is -0.390 e. The molecule has 2 amide bonds. The number of nitrogens with two attached hydrogens (primary N) is 1. The molecule has 38 heavy (non-hydrogen) atoms. The lowest BCUT2D eigenvalue weighted by Gasteiger charge is -2.44. The number of amides is 2. The Labute approximate surface area is 232 Å². The van der Waals surface area contributed by atoms with Crippen LogP contribution in [0, 0.1) is 29.1 Å². The van der Waals surface area contributed by atoms with Crippen molar-refractivity contribution in [2.75, 3.05) is 33.4 Å². The van der Waals surface area contributed by atoms with Crippen LogP contribution >= 0.6 is 11.6 Å². The number of aliphatic hydroxyl groups is 2. The SMILES string of the molecule is COCCCCC(O)(c1cccc(Cl)c1)C1CCCN(C(=O)NC(CN)C(O)C23CC4CC(CC2C4)C3)C1. The Morgan fingerprint density at radius 2 is 2.05 bits per heavy atom. The highest BCUT2D eigenvalue weighted by molar-refractivity contribution is 6.30. The van der Waals surface area contributed by atoms with E-state index in [-0.39, 0.29) is 23.9 Å². The van der Waals surface area contributed by atoms with Crippen LogP contribution in [0.15, 0.2) is 24.3 Å². The van der Waals surface area contributed by atoms with Crippen LogP contribution in [0.1, 0.15) is 69.8 Å². The first-order valence-corrected chi connectivity index (χ1v) is 15.1. The van der Waals surface area contributed by atoms with E-state index in [4.69, 9.17) is 22.1 Å². The van der Waals surface area contributed by atoms with Crippen LogP contribution in [0.5, 0.6) is 0 Å². The van der Waals surface area contributed by atoms with Crippen LogP contribution in [0.25, 0.3) is 0 Å². The number of carbonyl (C=O) groups excluding carboxylic acids is 1. The molecule has 6 rings (SSSR count). The Morgan fingerprint density at radius 1 is 1.29 bits per heavy atom. The predicted octanol–water partition coefficient (Wildman–Crippen LogP) is 4.28. The fourth-order valence-corrected chi connectivity index (χ4v) is 8.98. The zero-order valence-corrected chi connectivity index (χ0v) is 23.5. The highest BCUT2D eigenvalue weighted by Crippen LogP contribution is 2.67. The fourth-order valence-electron chi connectivity index (χ4n) is 8.79. The van der Waals surface area contributed by atoms with Gasteiger partial charge in [0.1, 0.15) is 0 Å². The van der Waals surface area contributed by atoms with Gasteiger partial charge in [-0.2, -0.15) is 0 Å². The molecule has 4 aliphatic carbocycles. The number of benzene rings is 1.